The van der Waals surface area contributed by atoms with Crippen LogP contribution in [0.2, 0.25) is 0 Å². The van der Waals surface area contributed by atoms with Crippen molar-refractivity contribution in [1.82, 2.24) is 5.06 Å². The summed E-state index contributed by atoms with van der Waals surface area (Å²) in [7, 11) is 0. The third kappa shape index (κ3) is 1.75. The van der Waals surface area contributed by atoms with E-state index in [1.165, 1.54) is 14.5 Å². The van der Waals surface area contributed by atoms with Gasteiger partial charge < -0.3 is 0 Å². The van der Waals surface area contributed by atoms with E-state index in [1.54, 1.807) is 22.7 Å². The summed E-state index contributed by atoms with van der Waals surface area (Å²) >= 11 is 3.22. The van der Waals surface area contributed by atoms with Crippen LogP contribution in [-0.2, 0) is 4.84 Å². The van der Waals surface area contributed by atoms with E-state index in [9.17, 15) is 4.79 Å². The SMILES string of the molecule is O=C(c1cc2sccc2s1)N1CCCCO1. The lowest BCUT2D eigenvalue weighted by Gasteiger charge is -2.25. The molecule has 1 saturated heterocycles. The predicted molar refractivity (Wildman–Crippen MR) is 65.9 cm³/mol. The topological polar surface area (TPSA) is 29.5 Å². The Balaban J connectivity index is 1.86. The molecule has 2 aromatic rings. The van der Waals surface area contributed by atoms with Crippen molar-refractivity contribution >= 4 is 38.0 Å². The van der Waals surface area contributed by atoms with E-state index < -0.39 is 0 Å². The first-order valence-corrected chi connectivity index (χ1v) is 6.96. The molecule has 0 spiro atoms. The number of hydrogen-bond acceptors (Lipinski definition) is 4. The van der Waals surface area contributed by atoms with E-state index in [-0.39, 0.29) is 5.91 Å². The molecule has 1 fully saturated rings. The van der Waals surface area contributed by atoms with Crippen LogP contribution in [0, 0.1) is 0 Å². The summed E-state index contributed by atoms with van der Waals surface area (Å²) in [5.41, 5.74) is 0. The molecule has 1 aliphatic rings. The summed E-state index contributed by atoms with van der Waals surface area (Å²) in [6.45, 7) is 1.37. The number of rotatable bonds is 1. The number of thiophene rings is 2. The van der Waals surface area contributed by atoms with E-state index in [2.05, 4.69) is 6.07 Å². The van der Waals surface area contributed by atoms with Gasteiger partial charge in [-0.15, -0.1) is 22.7 Å². The van der Waals surface area contributed by atoms with Gasteiger partial charge in [-0.25, -0.2) is 5.06 Å². The normalized spacial score (nSPS) is 16.9. The van der Waals surface area contributed by atoms with Crippen LogP contribution in [0.3, 0.4) is 0 Å². The van der Waals surface area contributed by atoms with E-state index in [0.29, 0.717) is 13.2 Å². The zero-order chi connectivity index (χ0) is 11.0. The van der Waals surface area contributed by atoms with E-state index in [4.69, 9.17) is 4.84 Å². The van der Waals surface area contributed by atoms with Crippen molar-refractivity contribution in [2.75, 3.05) is 13.2 Å². The van der Waals surface area contributed by atoms with Gasteiger partial charge in [0.15, 0.2) is 0 Å². The van der Waals surface area contributed by atoms with E-state index in [0.717, 1.165) is 17.7 Å². The van der Waals surface area contributed by atoms with Crippen LogP contribution >= 0.6 is 22.7 Å². The highest BCUT2D eigenvalue weighted by molar-refractivity contribution is 7.27. The second-order valence-corrected chi connectivity index (χ2v) is 5.74. The van der Waals surface area contributed by atoms with Crippen molar-refractivity contribution in [2.45, 2.75) is 12.8 Å². The van der Waals surface area contributed by atoms with Crippen LogP contribution in [0.5, 0.6) is 0 Å². The van der Waals surface area contributed by atoms with Gasteiger partial charge >= 0.3 is 0 Å². The molecule has 0 radical (unpaired) electrons. The van der Waals surface area contributed by atoms with Gasteiger partial charge in [-0.3, -0.25) is 9.63 Å². The van der Waals surface area contributed by atoms with E-state index >= 15 is 0 Å². The monoisotopic (exact) mass is 253 g/mol. The smallest absolute Gasteiger partial charge is 0.271 e. The molecule has 0 saturated carbocycles. The van der Waals surface area contributed by atoms with Crippen molar-refractivity contribution in [1.29, 1.82) is 0 Å². The van der Waals surface area contributed by atoms with Gasteiger partial charge in [0.2, 0.25) is 0 Å². The number of nitrogens with zero attached hydrogens (tertiary/aromatic N) is 1. The number of carbonyl (C=O) groups excluding carboxylic acids is 1. The number of hydroxylamine groups is 2. The van der Waals surface area contributed by atoms with Crippen molar-refractivity contribution in [3.63, 3.8) is 0 Å². The Morgan fingerprint density at radius 3 is 3.06 bits per heavy atom. The lowest BCUT2D eigenvalue weighted by molar-refractivity contribution is -0.143. The van der Waals surface area contributed by atoms with Gasteiger partial charge in [0.05, 0.1) is 11.5 Å². The molecule has 16 heavy (non-hydrogen) atoms. The first kappa shape index (κ1) is 10.3. The third-order valence-electron chi connectivity index (χ3n) is 2.58. The average Bonchev–Trinajstić information content (AvgIpc) is 2.89. The molecule has 0 N–H and O–H groups in total. The van der Waals surface area contributed by atoms with Gasteiger partial charge in [-0.1, -0.05) is 0 Å². The molecular formula is C11H11NO2S2. The molecule has 0 atom stereocenters. The van der Waals surface area contributed by atoms with Crippen LogP contribution in [0.25, 0.3) is 9.40 Å². The summed E-state index contributed by atoms with van der Waals surface area (Å²) in [4.78, 5) is 18.2. The molecule has 84 valence electrons. The van der Waals surface area contributed by atoms with Gasteiger partial charge in [-0.05, 0) is 30.4 Å². The van der Waals surface area contributed by atoms with Gasteiger partial charge in [0.25, 0.3) is 5.91 Å². The second-order valence-electron chi connectivity index (χ2n) is 3.71. The number of hydrogen-bond donors (Lipinski definition) is 0. The minimum Gasteiger partial charge on any atom is -0.271 e. The Hall–Kier alpha value is -0.910. The zero-order valence-electron chi connectivity index (χ0n) is 8.64. The molecule has 0 aliphatic carbocycles. The second kappa shape index (κ2) is 4.16. The number of amides is 1. The molecular weight excluding hydrogens is 242 g/mol. The minimum atomic E-state index is 0.00750. The molecule has 1 aliphatic heterocycles. The Kier molecular flexibility index (Phi) is 2.67. The molecule has 3 nitrogen and oxygen atoms in total. The molecule has 0 unspecified atom stereocenters. The van der Waals surface area contributed by atoms with Crippen molar-refractivity contribution in [3.05, 3.63) is 22.4 Å². The Morgan fingerprint density at radius 2 is 2.31 bits per heavy atom. The molecule has 1 amide bonds. The van der Waals surface area contributed by atoms with Crippen molar-refractivity contribution in [2.24, 2.45) is 0 Å². The molecule has 2 aromatic heterocycles. The van der Waals surface area contributed by atoms with Gasteiger partial charge in [0.1, 0.15) is 0 Å². The Labute approximate surface area is 101 Å². The van der Waals surface area contributed by atoms with Crippen LogP contribution in [-0.4, -0.2) is 24.1 Å². The summed E-state index contributed by atoms with van der Waals surface area (Å²) in [5.74, 6) is 0.00750. The highest BCUT2D eigenvalue weighted by Crippen LogP contribution is 2.31. The summed E-state index contributed by atoms with van der Waals surface area (Å²) < 4.78 is 2.37. The predicted octanol–water partition coefficient (Wildman–Crippen LogP) is 3.13. The standard InChI is InChI=1S/C11H11NO2S2/c13-11(12-4-1-2-5-14-12)10-7-9-8(16-10)3-6-15-9/h3,6-7H,1-2,4-5H2. The Morgan fingerprint density at radius 1 is 1.38 bits per heavy atom. The minimum absolute atomic E-state index is 0.00750. The van der Waals surface area contributed by atoms with Crippen LogP contribution in [0.15, 0.2) is 17.5 Å². The van der Waals surface area contributed by atoms with E-state index in [1.807, 2.05) is 11.4 Å². The lowest BCUT2D eigenvalue weighted by atomic mass is 10.3. The van der Waals surface area contributed by atoms with Gasteiger partial charge in [0, 0.05) is 15.9 Å². The van der Waals surface area contributed by atoms with Gasteiger partial charge in [-0.2, -0.15) is 0 Å². The average molecular weight is 253 g/mol. The van der Waals surface area contributed by atoms with Crippen molar-refractivity contribution in [3.8, 4) is 0 Å². The summed E-state index contributed by atoms with van der Waals surface area (Å²) in [5, 5.41) is 3.55. The number of carbonyl (C=O) groups is 1. The quantitative estimate of drug-likeness (QED) is 0.781. The van der Waals surface area contributed by atoms with Crippen LogP contribution in [0.4, 0.5) is 0 Å². The van der Waals surface area contributed by atoms with Crippen LogP contribution in [0.1, 0.15) is 22.5 Å². The lowest BCUT2D eigenvalue weighted by Crippen LogP contribution is -2.35. The molecule has 5 heteroatoms. The largest absolute Gasteiger partial charge is 0.287 e. The fourth-order valence-corrected chi connectivity index (χ4v) is 3.80. The van der Waals surface area contributed by atoms with Crippen LogP contribution < -0.4 is 0 Å². The fourth-order valence-electron chi connectivity index (χ4n) is 1.75. The maximum Gasteiger partial charge on any atom is 0.287 e. The van der Waals surface area contributed by atoms with Crippen molar-refractivity contribution < 1.29 is 9.63 Å². The molecule has 3 heterocycles. The fraction of sp³-hybridized carbons (Fsp3) is 0.364. The first-order chi connectivity index (χ1) is 7.84. The third-order valence-corrected chi connectivity index (χ3v) is 4.66. The maximum atomic E-state index is 12.1. The molecule has 0 bridgehead atoms. The Bertz CT molecular complexity index is 482. The highest BCUT2D eigenvalue weighted by atomic mass is 32.1. The summed E-state index contributed by atoms with van der Waals surface area (Å²) in [6.07, 6.45) is 2.08. The maximum absolute atomic E-state index is 12.1. The molecule has 0 aromatic carbocycles. The number of fused-ring (bicyclic) bond motifs is 1. The first-order valence-electron chi connectivity index (χ1n) is 5.26. The highest BCUT2D eigenvalue weighted by Gasteiger charge is 2.21. The zero-order valence-corrected chi connectivity index (χ0v) is 10.3. The summed E-state index contributed by atoms with van der Waals surface area (Å²) in [6, 6.07) is 4.02. The molecule has 3 rings (SSSR count).